The topological polar surface area (TPSA) is 56.7 Å². The molecule has 1 aromatic rings. The number of carbonyl (C=O) groups is 1. The predicted octanol–water partition coefficient (Wildman–Crippen LogP) is 2.20. The van der Waals surface area contributed by atoms with Crippen LogP contribution in [0.15, 0.2) is 23.2 Å². The van der Waals surface area contributed by atoms with Crippen LogP contribution in [0.2, 0.25) is 0 Å². The molecule has 2 N–H and O–H groups in total. The van der Waals surface area contributed by atoms with Gasteiger partial charge in [0.25, 0.3) is 0 Å². The minimum absolute atomic E-state index is 0.199. The summed E-state index contributed by atoms with van der Waals surface area (Å²) in [5.41, 5.74) is 1.58. The molecule has 2 rings (SSSR count). The van der Waals surface area contributed by atoms with Gasteiger partial charge in [-0.3, -0.25) is 4.79 Å². The minimum Gasteiger partial charge on any atom is -0.357 e. The quantitative estimate of drug-likeness (QED) is 0.619. The molecule has 5 nitrogen and oxygen atoms in total. The van der Waals surface area contributed by atoms with Crippen molar-refractivity contribution in [3.05, 3.63) is 35.1 Å². The molecule has 0 aliphatic carbocycles. The first-order chi connectivity index (χ1) is 11.6. The Kier molecular flexibility index (Phi) is 7.03. The number of hydrogen-bond acceptors (Lipinski definition) is 2. The first-order valence-electron chi connectivity index (χ1n) is 8.65. The lowest BCUT2D eigenvalue weighted by molar-refractivity contribution is -0.129. The summed E-state index contributed by atoms with van der Waals surface area (Å²) in [5, 5.41) is 6.35. The highest BCUT2D eigenvalue weighted by Crippen LogP contribution is 2.10. The molecule has 6 heteroatoms. The third-order valence-corrected chi connectivity index (χ3v) is 4.08. The van der Waals surface area contributed by atoms with Crippen LogP contribution in [0, 0.1) is 12.7 Å². The molecule has 1 aliphatic heterocycles. The number of aliphatic imine (C=N–C) groups is 1. The fraction of sp³-hybridized carbons (Fsp3) is 0.556. The maximum absolute atomic E-state index is 13.3. The van der Waals surface area contributed by atoms with E-state index in [9.17, 15) is 9.18 Å². The standard InChI is InChI=1S/C18H27FN4O/c1-3-20-18(21-9-8-17(24)23-10-4-5-11-23)22-13-15-6-7-16(19)14(2)12-15/h6-7,12H,3-5,8-11,13H2,1-2H3,(H2,20,21,22). The molecule has 0 bridgehead atoms. The molecule has 1 amide bonds. The van der Waals surface area contributed by atoms with E-state index in [-0.39, 0.29) is 11.7 Å². The first kappa shape index (κ1) is 18.2. The molecule has 0 aromatic heterocycles. The van der Waals surface area contributed by atoms with E-state index >= 15 is 0 Å². The Balaban J connectivity index is 1.83. The third kappa shape index (κ3) is 5.51. The van der Waals surface area contributed by atoms with Gasteiger partial charge in [0.05, 0.1) is 6.54 Å². The van der Waals surface area contributed by atoms with Gasteiger partial charge in [0.15, 0.2) is 5.96 Å². The van der Waals surface area contributed by atoms with Crippen LogP contribution < -0.4 is 10.6 Å². The van der Waals surface area contributed by atoms with Crippen molar-refractivity contribution in [2.24, 2.45) is 4.99 Å². The molecule has 1 heterocycles. The van der Waals surface area contributed by atoms with Gasteiger partial charge in [0, 0.05) is 32.6 Å². The predicted molar refractivity (Wildman–Crippen MR) is 94.4 cm³/mol. The number of benzene rings is 1. The fourth-order valence-electron chi connectivity index (χ4n) is 2.73. The Hall–Kier alpha value is -2.11. The highest BCUT2D eigenvalue weighted by atomic mass is 19.1. The maximum Gasteiger partial charge on any atom is 0.224 e. The number of rotatable bonds is 6. The second-order valence-corrected chi connectivity index (χ2v) is 6.04. The highest BCUT2D eigenvalue weighted by Gasteiger charge is 2.17. The van der Waals surface area contributed by atoms with Crippen LogP contribution in [-0.4, -0.2) is 42.9 Å². The van der Waals surface area contributed by atoms with E-state index in [1.807, 2.05) is 11.8 Å². The molecule has 132 valence electrons. The van der Waals surface area contributed by atoms with Gasteiger partial charge < -0.3 is 15.5 Å². The van der Waals surface area contributed by atoms with Crippen molar-refractivity contribution >= 4 is 11.9 Å². The Morgan fingerprint density at radius 1 is 1.29 bits per heavy atom. The number of aryl methyl sites for hydroxylation is 1. The number of amides is 1. The summed E-state index contributed by atoms with van der Waals surface area (Å²) in [4.78, 5) is 18.4. The zero-order valence-corrected chi connectivity index (χ0v) is 14.6. The summed E-state index contributed by atoms with van der Waals surface area (Å²) in [7, 11) is 0. The van der Waals surface area contributed by atoms with E-state index in [4.69, 9.17) is 0 Å². The van der Waals surface area contributed by atoms with Gasteiger partial charge in [-0.25, -0.2) is 9.38 Å². The number of likely N-dealkylation sites (tertiary alicyclic amines) is 1. The SMILES string of the molecule is CCNC(=NCc1ccc(F)c(C)c1)NCCC(=O)N1CCCC1. The molecule has 0 unspecified atom stereocenters. The van der Waals surface area contributed by atoms with Gasteiger partial charge in [-0.15, -0.1) is 0 Å². The summed E-state index contributed by atoms with van der Waals surface area (Å²) in [6.45, 7) is 7.28. The van der Waals surface area contributed by atoms with Crippen molar-refractivity contribution in [1.29, 1.82) is 0 Å². The molecule has 1 saturated heterocycles. The average Bonchev–Trinajstić information content (AvgIpc) is 3.10. The van der Waals surface area contributed by atoms with Crippen LogP contribution in [0.25, 0.3) is 0 Å². The number of nitrogens with one attached hydrogen (secondary N) is 2. The van der Waals surface area contributed by atoms with Gasteiger partial charge >= 0.3 is 0 Å². The third-order valence-electron chi connectivity index (χ3n) is 4.08. The molecule has 24 heavy (non-hydrogen) atoms. The molecule has 0 spiro atoms. The Morgan fingerprint density at radius 3 is 2.71 bits per heavy atom. The van der Waals surface area contributed by atoms with Gasteiger partial charge in [0.1, 0.15) is 5.82 Å². The molecule has 0 saturated carbocycles. The number of nitrogens with zero attached hydrogens (tertiary/aromatic N) is 2. The van der Waals surface area contributed by atoms with Crippen molar-refractivity contribution < 1.29 is 9.18 Å². The van der Waals surface area contributed by atoms with Crippen molar-refractivity contribution in [3.63, 3.8) is 0 Å². The summed E-state index contributed by atoms with van der Waals surface area (Å²) in [5.74, 6) is 0.673. The maximum atomic E-state index is 13.3. The largest absolute Gasteiger partial charge is 0.357 e. The van der Waals surface area contributed by atoms with Crippen LogP contribution in [0.3, 0.4) is 0 Å². The second-order valence-electron chi connectivity index (χ2n) is 6.04. The van der Waals surface area contributed by atoms with E-state index in [1.165, 1.54) is 6.07 Å². The van der Waals surface area contributed by atoms with E-state index < -0.39 is 0 Å². The van der Waals surface area contributed by atoms with Gasteiger partial charge in [-0.2, -0.15) is 0 Å². The number of guanidine groups is 1. The first-order valence-corrected chi connectivity index (χ1v) is 8.65. The van der Waals surface area contributed by atoms with Crippen LogP contribution in [0.4, 0.5) is 4.39 Å². The molecule has 1 aliphatic rings. The van der Waals surface area contributed by atoms with Crippen molar-refractivity contribution in [2.45, 2.75) is 39.7 Å². The van der Waals surface area contributed by atoms with Crippen LogP contribution in [0.1, 0.15) is 37.3 Å². The second kappa shape index (κ2) is 9.25. The summed E-state index contributed by atoms with van der Waals surface area (Å²) < 4.78 is 13.3. The molecular formula is C18H27FN4O. The number of carbonyl (C=O) groups excluding carboxylic acids is 1. The Bertz CT molecular complexity index is 582. The van der Waals surface area contributed by atoms with E-state index in [2.05, 4.69) is 15.6 Å². The molecule has 0 radical (unpaired) electrons. The molecular weight excluding hydrogens is 307 g/mol. The van der Waals surface area contributed by atoms with Crippen LogP contribution in [0.5, 0.6) is 0 Å². The lowest BCUT2D eigenvalue weighted by Crippen LogP contribution is -2.39. The molecule has 1 fully saturated rings. The Morgan fingerprint density at radius 2 is 2.04 bits per heavy atom. The zero-order chi connectivity index (χ0) is 17.4. The Labute approximate surface area is 143 Å². The van der Waals surface area contributed by atoms with Crippen molar-refractivity contribution in [1.82, 2.24) is 15.5 Å². The van der Waals surface area contributed by atoms with Crippen LogP contribution in [-0.2, 0) is 11.3 Å². The van der Waals surface area contributed by atoms with Gasteiger partial charge in [-0.05, 0) is 43.9 Å². The molecule has 0 atom stereocenters. The summed E-state index contributed by atoms with van der Waals surface area (Å²) in [6, 6.07) is 5.01. The zero-order valence-electron chi connectivity index (χ0n) is 14.6. The van der Waals surface area contributed by atoms with Gasteiger partial charge in [-0.1, -0.05) is 12.1 Å². The van der Waals surface area contributed by atoms with Crippen molar-refractivity contribution in [3.8, 4) is 0 Å². The average molecular weight is 334 g/mol. The highest BCUT2D eigenvalue weighted by molar-refractivity contribution is 5.81. The normalized spacial score (nSPS) is 14.8. The lowest BCUT2D eigenvalue weighted by Gasteiger charge is -2.16. The van der Waals surface area contributed by atoms with Crippen molar-refractivity contribution in [2.75, 3.05) is 26.2 Å². The minimum atomic E-state index is -0.201. The van der Waals surface area contributed by atoms with E-state index in [1.54, 1.807) is 19.1 Å². The summed E-state index contributed by atoms with van der Waals surface area (Å²) in [6.07, 6.45) is 2.70. The van der Waals surface area contributed by atoms with Crippen LogP contribution >= 0.6 is 0 Å². The molecule has 1 aromatic carbocycles. The monoisotopic (exact) mass is 334 g/mol. The van der Waals surface area contributed by atoms with Gasteiger partial charge in [0.2, 0.25) is 5.91 Å². The summed E-state index contributed by atoms with van der Waals surface area (Å²) >= 11 is 0. The number of hydrogen-bond donors (Lipinski definition) is 2. The fourth-order valence-corrected chi connectivity index (χ4v) is 2.73. The smallest absolute Gasteiger partial charge is 0.224 e. The lowest BCUT2D eigenvalue weighted by atomic mass is 10.1. The van der Waals surface area contributed by atoms with E-state index in [0.717, 1.165) is 38.0 Å². The number of halogens is 1. The van der Waals surface area contributed by atoms with E-state index in [0.29, 0.717) is 31.0 Å².